The van der Waals surface area contributed by atoms with Crippen LogP contribution in [0.15, 0.2) is 36.7 Å². The van der Waals surface area contributed by atoms with Crippen molar-refractivity contribution in [1.82, 2.24) is 9.97 Å². The summed E-state index contributed by atoms with van der Waals surface area (Å²) in [7, 11) is 0. The van der Waals surface area contributed by atoms with Crippen molar-refractivity contribution in [3.8, 4) is 5.88 Å². The Labute approximate surface area is 104 Å². The largest absolute Gasteiger partial charge is 0.473 e. The van der Waals surface area contributed by atoms with Crippen LogP contribution in [0.5, 0.6) is 5.88 Å². The average Bonchev–Trinajstić information content (AvgIpc) is 2.37. The number of aromatic nitrogens is 2. The third-order valence-electron chi connectivity index (χ3n) is 2.07. The highest BCUT2D eigenvalue weighted by Gasteiger charge is 2.00. The number of nitrogens with two attached hydrogens (primary N) is 1. The number of hydrogen-bond acceptors (Lipinski definition) is 5. The summed E-state index contributed by atoms with van der Waals surface area (Å²) in [6, 6.07) is 9.06. The maximum Gasteiger partial charge on any atom is 0.218 e. The van der Waals surface area contributed by atoms with Crippen LogP contribution in [0.3, 0.4) is 0 Å². The van der Waals surface area contributed by atoms with Crippen molar-refractivity contribution >= 4 is 17.4 Å². The van der Waals surface area contributed by atoms with Gasteiger partial charge in [0.2, 0.25) is 5.88 Å². The van der Waals surface area contributed by atoms with Gasteiger partial charge in [0.15, 0.2) is 0 Å². The van der Waals surface area contributed by atoms with Crippen LogP contribution in [0.4, 0.5) is 5.82 Å². The van der Waals surface area contributed by atoms with Crippen molar-refractivity contribution in [2.24, 2.45) is 5.84 Å². The second-order valence-electron chi connectivity index (χ2n) is 3.30. The lowest BCUT2D eigenvalue weighted by atomic mass is 10.2. The van der Waals surface area contributed by atoms with Gasteiger partial charge in [0.05, 0.1) is 0 Å². The van der Waals surface area contributed by atoms with E-state index in [-0.39, 0.29) is 0 Å². The van der Waals surface area contributed by atoms with Gasteiger partial charge in [-0.3, -0.25) is 0 Å². The van der Waals surface area contributed by atoms with E-state index in [1.807, 2.05) is 24.3 Å². The first kappa shape index (κ1) is 11.6. The molecule has 0 amide bonds. The van der Waals surface area contributed by atoms with Gasteiger partial charge in [-0.25, -0.2) is 15.8 Å². The third-order valence-corrected chi connectivity index (χ3v) is 2.30. The maximum absolute atomic E-state index is 5.87. The molecule has 17 heavy (non-hydrogen) atoms. The predicted molar refractivity (Wildman–Crippen MR) is 65.6 cm³/mol. The number of nitrogens with zero attached hydrogens (tertiary/aromatic N) is 2. The van der Waals surface area contributed by atoms with Gasteiger partial charge in [-0.05, 0) is 17.7 Å². The summed E-state index contributed by atoms with van der Waals surface area (Å²) in [5.74, 6) is 6.19. The Kier molecular flexibility index (Phi) is 3.74. The fraction of sp³-hybridized carbons (Fsp3) is 0.0909. The lowest BCUT2D eigenvalue weighted by Gasteiger charge is -2.06. The van der Waals surface area contributed by atoms with E-state index in [0.717, 1.165) is 5.56 Å². The van der Waals surface area contributed by atoms with E-state index in [4.69, 9.17) is 22.2 Å². The molecule has 88 valence electrons. The molecule has 1 aromatic heterocycles. The first-order valence-corrected chi connectivity index (χ1v) is 5.31. The van der Waals surface area contributed by atoms with Crippen molar-refractivity contribution < 1.29 is 4.74 Å². The van der Waals surface area contributed by atoms with Crippen LogP contribution in [0, 0.1) is 0 Å². The van der Waals surface area contributed by atoms with Gasteiger partial charge in [-0.2, -0.15) is 0 Å². The molecule has 0 saturated carbocycles. The Morgan fingerprint density at radius 3 is 2.94 bits per heavy atom. The molecule has 3 N–H and O–H groups in total. The van der Waals surface area contributed by atoms with E-state index in [9.17, 15) is 0 Å². The molecule has 0 spiro atoms. The van der Waals surface area contributed by atoms with Gasteiger partial charge < -0.3 is 10.2 Å². The number of hydrazine groups is 1. The monoisotopic (exact) mass is 250 g/mol. The minimum absolute atomic E-state index is 0.390. The summed E-state index contributed by atoms with van der Waals surface area (Å²) in [5.41, 5.74) is 3.39. The Balaban J connectivity index is 2.02. The average molecular weight is 251 g/mol. The number of nitrogens with one attached hydrogen (secondary N) is 1. The SMILES string of the molecule is NNc1cc(OCc2cccc(Cl)c2)ncn1. The molecule has 0 aliphatic carbocycles. The van der Waals surface area contributed by atoms with Gasteiger partial charge in [0.25, 0.3) is 0 Å². The van der Waals surface area contributed by atoms with E-state index in [1.165, 1.54) is 6.33 Å². The van der Waals surface area contributed by atoms with Crippen LogP contribution in [0.1, 0.15) is 5.56 Å². The van der Waals surface area contributed by atoms with Gasteiger partial charge in [-0.15, -0.1) is 0 Å². The van der Waals surface area contributed by atoms with Gasteiger partial charge >= 0.3 is 0 Å². The first-order chi connectivity index (χ1) is 8.28. The Hall–Kier alpha value is -1.85. The van der Waals surface area contributed by atoms with E-state index in [0.29, 0.717) is 23.3 Å². The fourth-order valence-corrected chi connectivity index (χ4v) is 1.49. The van der Waals surface area contributed by atoms with E-state index < -0.39 is 0 Å². The van der Waals surface area contributed by atoms with Crippen molar-refractivity contribution in [2.75, 3.05) is 5.43 Å². The summed E-state index contributed by atoms with van der Waals surface area (Å²) in [6.45, 7) is 0.390. The van der Waals surface area contributed by atoms with Gasteiger partial charge in [-0.1, -0.05) is 23.7 Å². The quantitative estimate of drug-likeness (QED) is 0.641. The summed E-state index contributed by atoms with van der Waals surface area (Å²) in [5, 5.41) is 0.679. The van der Waals surface area contributed by atoms with Crippen LogP contribution in [-0.2, 0) is 6.61 Å². The second kappa shape index (κ2) is 5.47. The van der Waals surface area contributed by atoms with E-state index in [2.05, 4.69) is 15.4 Å². The molecular weight excluding hydrogens is 240 g/mol. The number of hydrogen-bond donors (Lipinski definition) is 2. The molecule has 0 saturated heterocycles. The van der Waals surface area contributed by atoms with Gasteiger partial charge in [0.1, 0.15) is 18.8 Å². The molecule has 0 aliphatic rings. The molecule has 0 bridgehead atoms. The Morgan fingerprint density at radius 2 is 2.18 bits per heavy atom. The van der Waals surface area contributed by atoms with Crippen LogP contribution in [0.25, 0.3) is 0 Å². The molecule has 2 rings (SSSR count). The zero-order chi connectivity index (χ0) is 12.1. The molecule has 2 aromatic rings. The van der Waals surface area contributed by atoms with Crippen LogP contribution in [-0.4, -0.2) is 9.97 Å². The molecule has 0 fully saturated rings. The van der Waals surface area contributed by atoms with Crippen LogP contribution in [0.2, 0.25) is 5.02 Å². The minimum Gasteiger partial charge on any atom is -0.473 e. The molecule has 0 aliphatic heterocycles. The number of anilines is 1. The minimum atomic E-state index is 0.390. The third kappa shape index (κ3) is 3.30. The smallest absolute Gasteiger partial charge is 0.218 e. The molecule has 5 nitrogen and oxygen atoms in total. The molecule has 0 radical (unpaired) electrons. The molecular formula is C11H11ClN4O. The van der Waals surface area contributed by atoms with Crippen molar-refractivity contribution in [3.63, 3.8) is 0 Å². The van der Waals surface area contributed by atoms with Crippen LogP contribution >= 0.6 is 11.6 Å². The predicted octanol–water partition coefficient (Wildman–Crippen LogP) is 1.99. The standard InChI is InChI=1S/C11H11ClN4O/c12-9-3-1-2-8(4-9)6-17-11-5-10(16-13)14-7-15-11/h1-5,7H,6,13H2,(H,14,15,16). The fourth-order valence-electron chi connectivity index (χ4n) is 1.28. The number of benzene rings is 1. The van der Waals surface area contributed by atoms with E-state index in [1.54, 1.807) is 6.07 Å². The maximum atomic E-state index is 5.87. The number of nitrogen functional groups attached to an aromatic ring is 1. The van der Waals surface area contributed by atoms with E-state index >= 15 is 0 Å². The Morgan fingerprint density at radius 1 is 1.29 bits per heavy atom. The topological polar surface area (TPSA) is 73.1 Å². The Bertz CT molecular complexity index is 506. The highest BCUT2D eigenvalue weighted by atomic mass is 35.5. The molecule has 6 heteroatoms. The van der Waals surface area contributed by atoms with Crippen molar-refractivity contribution in [2.45, 2.75) is 6.61 Å². The van der Waals surface area contributed by atoms with Crippen molar-refractivity contribution in [1.29, 1.82) is 0 Å². The summed E-state index contributed by atoms with van der Waals surface area (Å²) >= 11 is 5.87. The van der Waals surface area contributed by atoms with Crippen LogP contribution < -0.4 is 16.0 Å². The summed E-state index contributed by atoms with van der Waals surface area (Å²) in [4.78, 5) is 7.84. The number of rotatable bonds is 4. The zero-order valence-electron chi connectivity index (χ0n) is 8.93. The molecule has 0 atom stereocenters. The number of ether oxygens (including phenoxy) is 1. The summed E-state index contributed by atoms with van der Waals surface area (Å²) in [6.07, 6.45) is 1.38. The lowest BCUT2D eigenvalue weighted by molar-refractivity contribution is 0.293. The zero-order valence-corrected chi connectivity index (χ0v) is 9.69. The second-order valence-corrected chi connectivity index (χ2v) is 3.74. The summed E-state index contributed by atoms with van der Waals surface area (Å²) < 4.78 is 5.48. The molecule has 1 heterocycles. The van der Waals surface area contributed by atoms with Gasteiger partial charge in [0, 0.05) is 11.1 Å². The molecule has 1 aromatic carbocycles. The molecule has 0 unspecified atom stereocenters. The highest BCUT2D eigenvalue weighted by Crippen LogP contribution is 2.14. The first-order valence-electron chi connectivity index (χ1n) is 4.94. The normalized spacial score (nSPS) is 10.0. The highest BCUT2D eigenvalue weighted by molar-refractivity contribution is 6.30. The number of halogens is 1. The lowest BCUT2D eigenvalue weighted by Crippen LogP contribution is -2.09. The van der Waals surface area contributed by atoms with Crippen molar-refractivity contribution in [3.05, 3.63) is 47.2 Å².